The molecule has 0 aliphatic heterocycles. The van der Waals surface area contributed by atoms with Crippen molar-refractivity contribution in [3.63, 3.8) is 0 Å². The number of rotatable bonds is 4. The Hall–Kier alpha value is -2.38. The molecule has 2 amide bonds. The zero-order chi connectivity index (χ0) is 16.4. The van der Waals surface area contributed by atoms with E-state index in [9.17, 15) is 4.79 Å². The first-order valence-corrected chi connectivity index (χ1v) is 8.01. The quantitative estimate of drug-likeness (QED) is 0.905. The predicted octanol–water partition coefficient (Wildman–Crippen LogP) is 2.32. The maximum absolute atomic E-state index is 12.2. The van der Waals surface area contributed by atoms with Crippen LogP contribution in [-0.2, 0) is 7.05 Å². The highest BCUT2D eigenvalue weighted by atomic mass is 16.2. The summed E-state index contributed by atoms with van der Waals surface area (Å²) in [6, 6.07) is -0.0301. The Morgan fingerprint density at radius 2 is 2.13 bits per heavy atom. The Kier molecular flexibility index (Phi) is 4.31. The molecule has 2 heterocycles. The summed E-state index contributed by atoms with van der Waals surface area (Å²) in [5, 5.41) is 18.1. The molecule has 2 aromatic heterocycles. The summed E-state index contributed by atoms with van der Waals surface area (Å²) in [5.41, 5.74) is 1.61. The molecule has 0 spiro atoms. The third kappa shape index (κ3) is 3.20. The van der Waals surface area contributed by atoms with E-state index in [1.165, 1.54) is 12.8 Å². The van der Waals surface area contributed by atoms with E-state index in [0.29, 0.717) is 11.7 Å². The normalized spacial score (nSPS) is 16.5. The highest BCUT2D eigenvalue weighted by Gasteiger charge is 2.23. The Balaban J connectivity index is 1.65. The van der Waals surface area contributed by atoms with Crippen LogP contribution in [0.4, 0.5) is 10.5 Å². The number of amides is 2. The van der Waals surface area contributed by atoms with Crippen LogP contribution in [0.2, 0.25) is 0 Å². The van der Waals surface area contributed by atoms with E-state index in [0.717, 1.165) is 24.4 Å². The molecule has 1 atom stereocenters. The van der Waals surface area contributed by atoms with Crippen molar-refractivity contribution in [2.24, 2.45) is 7.05 Å². The van der Waals surface area contributed by atoms with E-state index in [4.69, 9.17) is 0 Å². The van der Waals surface area contributed by atoms with Gasteiger partial charge in [-0.1, -0.05) is 12.8 Å². The van der Waals surface area contributed by atoms with Crippen molar-refractivity contribution in [2.45, 2.75) is 51.6 Å². The van der Waals surface area contributed by atoms with Crippen LogP contribution < -0.4 is 10.6 Å². The lowest BCUT2D eigenvalue weighted by Crippen LogP contribution is -2.33. The number of urea groups is 1. The molecule has 0 bridgehead atoms. The van der Waals surface area contributed by atoms with Gasteiger partial charge in [-0.25, -0.2) is 4.79 Å². The molecule has 0 radical (unpaired) electrons. The number of hydrogen-bond acceptors (Lipinski definition) is 4. The lowest BCUT2D eigenvalue weighted by Gasteiger charge is -2.18. The highest BCUT2D eigenvalue weighted by molar-refractivity contribution is 5.89. The van der Waals surface area contributed by atoms with Gasteiger partial charge in [-0.2, -0.15) is 5.10 Å². The highest BCUT2D eigenvalue weighted by Crippen LogP contribution is 2.31. The van der Waals surface area contributed by atoms with Crippen LogP contribution in [0.3, 0.4) is 0 Å². The van der Waals surface area contributed by atoms with E-state index >= 15 is 0 Å². The Bertz CT molecular complexity index is 684. The smallest absolute Gasteiger partial charge is 0.319 e. The number of nitrogens with one attached hydrogen (secondary N) is 2. The second kappa shape index (κ2) is 6.39. The van der Waals surface area contributed by atoms with Crippen LogP contribution in [0.25, 0.3) is 0 Å². The minimum Gasteiger partial charge on any atom is -0.328 e. The minimum atomic E-state index is -0.269. The number of carbonyl (C=O) groups excluding carboxylic acids is 1. The largest absolute Gasteiger partial charge is 0.328 e. The monoisotopic (exact) mass is 317 g/mol. The van der Waals surface area contributed by atoms with Gasteiger partial charge in [0.25, 0.3) is 0 Å². The molecule has 1 fully saturated rings. The van der Waals surface area contributed by atoms with Crippen molar-refractivity contribution in [3.05, 3.63) is 24.0 Å². The standard InChI is InChI=1S/C15H23N7O/c1-10(14-20-16-9-22(14)12-6-4-5-7-12)18-15(23)19-13-8-17-21(3)11(13)2/h8-10,12H,4-7H2,1-3H3,(H2,18,19,23). The van der Waals surface area contributed by atoms with Gasteiger partial charge in [0.1, 0.15) is 6.33 Å². The second-order valence-corrected chi connectivity index (χ2v) is 6.12. The molecular weight excluding hydrogens is 294 g/mol. The van der Waals surface area contributed by atoms with Crippen molar-refractivity contribution in [2.75, 3.05) is 5.32 Å². The minimum absolute atomic E-state index is 0.213. The molecule has 0 aromatic carbocycles. The van der Waals surface area contributed by atoms with Gasteiger partial charge >= 0.3 is 6.03 Å². The van der Waals surface area contributed by atoms with Crippen molar-refractivity contribution in [1.82, 2.24) is 29.9 Å². The van der Waals surface area contributed by atoms with Gasteiger partial charge in [-0.3, -0.25) is 4.68 Å². The number of hydrogen-bond donors (Lipinski definition) is 2. The SMILES string of the molecule is Cc1c(NC(=O)NC(C)c2nncn2C2CCCC2)cnn1C. The molecular formula is C15H23N7O. The molecule has 8 nitrogen and oxygen atoms in total. The van der Waals surface area contributed by atoms with E-state index in [1.54, 1.807) is 17.2 Å². The topological polar surface area (TPSA) is 89.7 Å². The fourth-order valence-corrected chi connectivity index (χ4v) is 3.07. The maximum atomic E-state index is 12.2. The van der Waals surface area contributed by atoms with Gasteiger partial charge < -0.3 is 15.2 Å². The first kappa shape index (κ1) is 15.5. The summed E-state index contributed by atoms with van der Waals surface area (Å²) in [7, 11) is 1.84. The van der Waals surface area contributed by atoms with E-state index in [2.05, 4.69) is 30.5 Å². The second-order valence-electron chi connectivity index (χ2n) is 6.12. The van der Waals surface area contributed by atoms with Gasteiger partial charge in [0.05, 0.1) is 23.6 Å². The molecule has 3 rings (SSSR count). The number of aryl methyl sites for hydroxylation is 1. The van der Waals surface area contributed by atoms with Crippen LogP contribution in [0.1, 0.15) is 56.2 Å². The number of anilines is 1. The lowest BCUT2D eigenvalue weighted by atomic mass is 10.2. The van der Waals surface area contributed by atoms with Gasteiger partial charge in [0.15, 0.2) is 5.82 Å². The molecule has 124 valence electrons. The van der Waals surface area contributed by atoms with E-state index < -0.39 is 0 Å². The zero-order valence-corrected chi connectivity index (χ0v) is 13.8. The average Bonchev–Trinajstić information content (AvgIpc) is 3.23. The molecule has 1 aliphatic carbocycles. The Labute approximate surface area is 135 Å². The summed E-state index contributed by atoms with van der Waals surface area (Å²) in [4.78, 5) is 12.2. The van der Waals surface area contributed by atoms with Crippen LogP contribution in [0, 0.1) is 6.92 Å². The van der Waals surface area contributed by atoms with Crippen molar-refractivity contribution in [3.8, 4) is 0 Å². The van der Waals surface area contributed by atoms with Crippen molar-refractivity contribution < 1.29 is 4.79 Å². The van der Waals surface area contributed by atoms with Gasteiger partial charge in [0, 0.05) is 13.1 Å². The Morgan fingerprint density at radius 3 is 2.78 bits per heavy atom. The summed E-state index contributed by atoms with van der Waals surface area (Å²) in [6.45, 7) is 3.83. The van der Waals surface area contributed by atoms with Crippen LogP contribution in [0.5, 0.6) is 0 Å². The van der Waals surface area contributed by atoms with E-state index in [1.807, 2.05) is 20.9 Å². The molecule has 1 unspecified atom stereocenters. The van der Waals surface area contributed by atoms with Crippen molar-refractivity contribution in [1.29, 1.82) is 0 Å². The summed E-state index contributed by atoms with van der Waals surface area (Å²) >= 11 is 0. The number of nitrogens with zero attached hydrogens (tertiary/aromatic N) is 5. The summed E-state index contributed by atoms with van der Waals surface area (Å²) in [5.74, 6) is 0.801. The van der Waals surface area contributed by atoms with Crippen molar-refractivity contribution >= 4 is 11.7 Å². The predicted molar refractivity (Wildman–Crippen MR) is 86.0 cm³/mol. The molecule has 23 heavy (non-hydrogen) atoms. The molecule has 8 heteroatoms. The third-order valence-corrected chi connectivity index (χ3v) is 4.54. The van der Waals surface area contributed by atoms with Crippen LogP contribution in [0.15, 0.2) is 12.5 Å². The van der Waals surface area contributed by atoms with Gasteiger partial charge in [-0.05, 0) is 26.7 Å². The fourth-order valence-electron chi connectivity index (χ4n) is 3.07. The zero-order valence-electron chi connectivity index (χ0n) is 13.8. The fraction of sp³-hybridized carbons (Fsp3) is 0.600. The molecule has 1 aliphatic rings. The van der Waals surface area contributed by atoms with Crippen LogP contribution in [-0.4, -0.2) is 30.6 Å². The molecule has 2 aromatic rings. The van der Waals surface area contributed by atoms with Gasteiger partial charge in [-0.15, -0.1) is 10.2 Å². The lowest BCUT2D eigenvalue weighted by molar-refractivity contribution is 0.248. The number of carbonyl (C=O) groups is 1. The summed E-state index contributed by atoms with van der Waals surface area (Å²) < 4.78 is 3.82. The molecule has 0 saturated heterocycles. The average molecular weight is 317 g/mol. The maximum Gasteiger partial charge on any atom is 0.319 e. The van der Waals surface area contributed by atoms with Crippen LogP contribution >= 0.6 is 0 Å². The summed E-state index contributed by atoms with van der Waals surface area (Å²) in [6.07, 6.45) is 8.20. The molecule has 2 N–H and O–H groups in total. The van der Waals surface area contributed by atoms with Gasteiger partial charge in [0.2, 0.25) is 0 Å². The Morgan fingerprint density at radius 1 is 1.39 bits per heavy atom. The number of aromatic nitrogens is 5. The first-order chi connectivity index (χ1) is 11.1. The molecule has 1 saturated carbocycles. The third-order valence-electron chi connectivity index (χ3n) is 4.54. The van der Waals surface area contributed by atoms with E-state index in [-0.39, 0.29) is 12.1 Å². The first-order valence-electron chi connectivity index (χ1n) is 8.01.